The summed E-state index contributed by atoms with van der Waals surface area (Å²) in [5.74, 6) is 0.917. The zero-order valence-corrected chi connectivity index (χ0v) is 17.2. The van der Waals surface area contributed by atoms with Gasteiger partial charge in [0.2, 0.25) is 5.95 Å². The summed E-state index contributed by atoms with van der Waals surface area (Å²) in [6, 6.07) is 7.19. The summed E-state index contributed by atoms with van der Waals surface area (Å²) in [5.41, 5.74) is 3.23. The number of fused-ring (bicyclic) bond motifs is 1. The highest BCUT2D eigenvalue weighted by Gasteiger charge is 2.20. The fourth-order valence-corrected chi connectivity index (χ4v) is 4.29. The summed E-state index contributed by atoms with van der Waals surface area (Å²) in [4.78, 5) is 19.1. The molecular formula is C22H28N6O2. The number of likely N-dealkylation sites (tertiary alicyclic amines) is 1. The molecule has 0 aliphatic carbocycles. The molecule has 0 unspecified atom stereocenters. The average Bonchev–Trinajstić information content (AvgIpc) is 3.21. The van der Waals surface area contributed by atoms with Gasteiger partial charge >= 0.3 is 0 Å². The van der Waals surface area contributed by atoms with E-state index in [0.29, 0.717) is 19.2 Å². The Morgan fingerprint density at radius 1 is 0.967 bits per heavy atom. The molecule has 0 atom stereocenters. The second-order valence-electron chi connectivity index (χ2n) is 8.03. The summed E-state index contributed by atoms with van der Waals surface area (Å²) in [7, 11) is 0. The molecule has 30 heavy (non-hydrogen) atoms. The highest BCUT2D eigenvalue weighted by Crippen LogP contribution is 2.29. The van der Waals surface area contributed by atoms with Gasteiger partial charge in [0.05, 0.1) is 19.5 Å². The highest BCUT2D eigenvalue weighted by atomic mass is 16.5. The average molecular weight is 409 g/mol. The van der Waals surface area contributed by atoms with Crippen molar-refractivity contribution >= 4 is 17.1 Å². The van der Waals surface area contributed by atoms with Crippen LogP contribution in [0, 0.1) is 0 Å². The van der Waals surface area contributed by atoms with Crippen LogP contribution in [0.1, 0.15) is 19.3 Å². The number of phenols is 1. The Hall–Kier alpha value is -2.71. The molecule has 0 saturated carbocycles. The van der Waals surface area contributed by atoms with Gasteiger partial charge in [-0.05, 0) is 38.1 Å². The third kappa shape index (κ3) is 3.97. The number of nitrogens with zero attached hydrogens (tertiary/aromatic N) is 6. The molecule has 0 radical (unpaired) electrons. The van der Waals surface area contributed by atoms with Gasteiger partial charge in [-0.15, -0.1) is 0 Å². The van der Waals surface area contributed by atoms with Crippen molar-refractivity contribution in [1.29, 1.82) is 0 Å². The third-order valence-corrected chi connectivity index (χ3v) is 5.97. The van der Waals surface area contributed by atoms with Crippen LogP contribution >= 0.6 is 0 Å². The lowest BCUT2D eigenvalue weighted by Crippen LogP contribution is -2.37. The number of morpholine rings is 1. The van der Waals surface area contributed by atoms with Crippen molar-refractivity contribution < 1.29 is 9.84 Å². The second-order valence-corrected chi connectivity index (χ2v) is 8.03. The summed E-state index contributed by atoms with van der Waals surface area (Å²) < 4.78 is 7.64. The van der Waals surface area contributed by atoms with Gasteiger partial charge in [-0.25, -0.2) is 9.97 Å². The number of anilines is 1. The van der Waals surface area contributed by atoms with Crippen LogP contribution < -0.4 is 4.90 Å². The summed E-state index contributed by atoms with van der Waals surface area (Å²) in [6.45, 7) is 7.11. The number of piperidine rings is 1. The number of phenolic OH excluding ortho intramolecular Hbond substituents is 1. The predicted octanol–water partition coefficient (Wildman–Crippen LogP) is 2.52. The first-order chi connectivity index (χ1) is 14.8. The minimum atomic E-state index is 0.219. The lowest BCUT2D eigenvalue weighted by atomic mass is 10.1. The molecule has 4 heterocycles. The van der Waals surface area contributed by atoms with Gasteiger partial charge < -0.3 is 24.2 Å². The first kappa shape index (κ1) is 19.3. The highest BCUT2D eigenvalue weighted by molar-refractivity contribution is 5.88. The molecule has 5 rings (SSSR count). The first-order valence-electron chi connectivity index (χ1n) is 10.9. The standard InChI is InChI=1S/C22H28N6O2/c29-18-6-4-5-17(15-18)19-20-21(25-22(24-19)27-11-13-30-14-12-27)28(16-23-20)10-9-26-7-2-1-3-8-26/h4-6,15-16,29H,1-3,7-14H2. The summed E-state index contributed by atoms with van der Waals surface area (Å²) in [5, 5.41) is 10.00. The van der Waals surface area contributed by atoms with Gasteiger partial charge in [-0.2, -0.15) is 4.98 Å². The van der Waals surface area contributed by atoms with E-state index in [4.69, 9.17) is 14.7 Å². The van der Waals surface area contributed by atoms with Crippen LogP contribution in [-0.4, -0.2) is 75.5 Å². The largest absolute Gasteiger partial charge is 0.508 e. The van der Waals surface area contributed by atoms with Gasteiger partial charge in [-0.1, -0.05) is 18.6 Å². The molecule has 2 aliphatic heterocycles. The van der Waals surface area contributed by atoms with Crippen molar-refractivity contribution in [2.45, 2.75) is 25.8 Å². The topological polar surface area (TPSA) is 79.5 Å². The smallest absolute Gasteiger partial charge is 0.228 e. The van der Waals surface area contributed by atoms with E-state index in [1.54, 1.807) is 12.1 Å². The fourth-order valence-electron chi connectivity index (χ4n) is 4.29. The minimum Gasteiger partial charge on any atom is -0.508 e. The van der Waals surface area contributed by atoms with Gasteiger partial charge in [0, 0.05) is 31.7 Å². The van der Waals surface area contributed by atoms with Crippen LogP contribution in [-0.2, 0) is 11.3 Å². The molecule has 2 saturated heterocycles. The van der Waals surface area contributed by atoms with Crippen LogP contribution in [0.5, 0.6) is 5.75 Å². The Balaban J connectivity index is 1.53. The van der Waals surface area contributed by atoms with Crippen LogP contribution in [0.2, 0.25) is 0 Å². The van der Waals surface area contributed by atoms with Crippen LogP contribution in [0.4, 0.5) is 5.95 Å². The van der Waals surface area contributed by atoms with E-state index in [0.717, 1.165) is 48.6 Å². The molecule has 0 bridgehead atoms. The molecule has 158 valence electrons. The lowest BCUT2D eigenvalue weighted by Gasteiger charge is -2.27. The SMILES string of the molecule is Oc1cccc(-c2nc(N3CCOCC3)nc3c2ncn3CCN2CCCCC2)c1. The maximum atomic E-state index is 10.00. The van der Waals surface area contributed by atoms with Crippen LogP contribution in [0.3, 0.4) is 0 Å². The van der Waals surface area contributed by atoms with Crippen molar-refractivity contribution in [3.05, 3.63) is 30.6 Å². The summed E-state index contributed by atoms with van der Waals surface area (Å²) in [6.07, 6.45) is 5.79. The maximum Gasteiger partial charge on any atom is 0.228 e. The van der Waals surface area contributed by atoms with Crippen LogP contribution in [0.25, 0.3) is 22.4 Å². The molecule has 2 aromatic heterocycles. The predicted molar refractivity (Wildman–Crippen MR) is 116 cm³/mol. The van der Waals surface area contributed by atoms with E-state index < -0.39 is 0 Å². The van der Waals surface area contributed by atoms with Crippen molar-refractivity contribution in [1.82, 2.24) is 24.4 Å². The molecular weight excluding hydrogens is 380 g/mol. The molecule has 8 nitrogen and oxygen atoms in total. The second kappa shape index (κ2) is 8.57. The molecule has 1 N–H and O–H groups in total. The van der Waals surface area contributed by atoms with E-state index in [1.165, 1.54) is 32.4 Å². The van der Waals surface area contributed by atoms with E-state index >= 15 is 0 Å². The molecule has 1 aromatic carbocycles. The maximum absolute atomic E-state index is 10.00. The lowest BCUT2D eigenvalue weighted by molar-refractivity contribution is 0.122. The van der Waals surface area contributed by atoms with Gasteiger partial charge in [0.25, 0.3) is 0 Å². The number of rotatable bonds is 5. The summed E-state index contributed by atoms with van der Waals surface area (Å²) >= 11 is 0. The monoisotopic (exact) mass is 408 g/mol. The molecule has 2 aliphatic rings. The zero-order valence-electron chi connectivity index (χ0n) is 17.2. The Labute approximate surface area is 176 Å². The van der Waals surface area contributed by atoms with Crippen LogP contribution in [0.15, 0.2) is 30.6 Å². The number of ether oxygens (including phenoxy) is 1. The van der Waals surface area contributed by atoms with Crippen molar-refractivity contribution in [2.75, 3.05) is 50.8 Å². The van der Waals surface area contributed by atoms with E-state index in [2.05, 4.69) is 19.4 Å². The number of imidazole rings is 1. The Morgan fingerprint density at radius 3 is 2.60 bits per heavy atom. The van der Waals surface area contributed by atoms with E-state index in [1.807, 2.05) is 18.5 Å². The molecule has 8 heteroatoms. The molecule has 3 aromatic rings. The number of hydrogen-bond acceptors (Lipinski definition) is 7. The zero-order chi connectivity index (χ0) is 20.3. The third-order valence-electron chi connectivity index (χ3n) is 5.97. The van der Waals surface area contributed by atoms with Crippen molar-refractivity contribution in [2.24, 2.45) is 0 Å². The van der Waals surface area contributed by atoms with Gasteiger partial charge in [0.1, 0.15) is 17.0 Å². The molecule has 2 fully saturated rings. The molecule has 0 amide bonds. The number of hydrogen-bond donors (Lipinski definition) is 1. The van der Waals surface area contributed by atoms with E-state index in [9.17, 15) is 5.11 Å². The van der Waals surface area contributed by atoms with Crippen molar-refractivity contribution in [3.8, 4) is 17.0 Å². The number of aromatic hydroxyl groups is 1. The quantitative estimate of drug-likeness (QED) is 0.695. The molecule has 0 spiro atoms. The number of benzene rings is 1. The Kier molecular flexibility index (Phi) is 5.50. The fraction of sp³-hybridized carbons (Fsp3) is 0.500. The Bertz CT molecular complexity index is 1010. The first-order valence-corrected chi connectivity index (χ1v) is 10.9. The number of aromatic nitrogens is 4. The van der Waals surface area contributed by atoms with Crippen molar-refractivity contribution in [3.63, 3.8) is 0 Å². The minimum absolute atomic E-state index is 0.219. The van der Waals surface area contributed by atoms with Gasteiger partial charge in [0.15, 0.2) is 5.65 Å². The normalized spacial score (nSPS) is 18.2. The van der Waals surface area contributed by atoms with Gasteiger partial charge in [-0.3, -0.25) is 0 Å². The van der Waals surface area contributed by atoms with E-state index in [-0.39, 0.29) is 5.75 Å². The Morgan fingerprint density at radius 2 is 1.80 bits per heavy atom.